The van der Waals surface area contributed by atoms with E-state index in [9.17, 15) is 0 Å². The van der Waals surface area contributed by atoms with E-state index in [0.717, 1.165) is 5.56 Å². The second-order valence-corrected chi connectivity index (χ2v) is 5.33. The van der Waals surface area contributed by atoms with Crippen LogP contribution in [0.4, 0.5) is 0 Å². The Hall–Kier alpha value is -1.29. The zero-order valence-corrected chi connectivity index (χ0v) is 12.4. The van der Waals surface area contributed by atoms with Gasteiger partial charge in [0.05, 0.1) is 5.56 Å². The van der Waals surface area contributed by atoms with Gasteiger partial charge >= 0.3 is 0 Å². The van der Waals surface area contributed by atoms with Crippen LogP contribution in [0.2, 0.25) is 10.0 Å². The Labute approximate surface area is 127 Å². The van der Waals surface area contributed by atoms with Crippen LogP contribution >= 0.6 is 35.4 Å². The first kappa shape index (κ1) is 14.1. The number of aryl methyl sites for hydroxylation is 1. The molecule has 0 aliphatic carbocycles. The van der Waals surface area contributed by atoms with E-state index in [0.29, 0.717) is 27.1 Å². The van der Waals surface area contributed by atoms with Gasteiger partial charge < -0.3 is 10.5 Å². The quantitative estimate of drug-likeness (QED) is 0.832. The SMILES string of the molecule is Cc1ccc(Cl)cc1Oc1cc(Cl)ccc1C(N)=S. The van der Waals surface area contributed by atoms with Crippen LogP contribution in [-0.4, -0.2) is 4.99 Å². The van der Waals surface area contributed by atoms with Crippen molar-refractivity contribution in [1.29, 1.82) is 0 Å². The van der Waals surface area contributed by atoms with Gasteiger partial charge in [-0.05, 0) is 36.8 Å². The van der Waals surface area contributed by atoms with E-state index >= 15 is 0 Å². The standard InChI is InChI=1S/C14H11Cl2NOS/c1-8-2-3-9(15)6-12(8)18-13-7-10(16)4-5-11(13)14(17)19/h2-7H,1H3,(H2,17,19). The summed E-state index contributed by atoms with van der Waals surface area (Å²) in [5.74, 6) is 1.16. The Bertz CT molecular complexity index is 643. The summed E-state index contributed by atoms with van der Waals surface area (Å²) in [7, 11) is 0. The summed E-state index contributed by atoms with van der Waals surface area (Å²) >= 11 is 16.9. The smallest absolute Gasteiger partial charge is 0.139 e. The molecular weight excluding hydrogens is 301 g/mol. The van der Waals surface area contributed by atoms with Gasteiger partial charge in [-0.2, -0.15) is 0 Å². The van der Waals surface area contributed by atoms with Crippen molar-refractivity contribution in [3.8, 4) is 11.5 Å². The number of hydrogen-bond acceptors (Lipinski definition) is 2. The number of hydrogen-bond donors (Lipinski definition) is 1. The van der Waals surface area contributed by atoms with Crippen molar-refractivity contribution in [3.63, 3.8) is 0 Å². The molecule has 2 nitrogen and oxygen atoms in total. The first-order valence-corrected chi connectivity index (χ1v) is 6.67. The maximum atomic E-state index is 5.97. The van der Waals surface area contributed by atoms with Gasteiger partial charge in [0.2, 0.25) is 0 Å². The molecule has 2 aromatic rings. The molecule has 0 aromatic heterocycles. The number of nitrogens with two attached hydrogens (primary N) is 1. The fourth-order valence-corrected chi connectivity index (χ4v) is 2.08. The molecule has 98 valence electrons. The molecule has 0 unspecified atom stereocenters. The van der Waals surface area contributed by atoms with E-state index in [-0.39, 0.29) is 4.99 Å². The van der Waals surface area contributed by atoms with Gasteiger partial charge in [-0.1, -0.05) is 41.5 Å². The van der Waals surface area contributed by atoms with Crippen LogP contribution in [0.25, 0.3) is 0 Å². The molecule has 0 saturated heterocycles. The fraction of sp³-hybridized carbons (Fsp3) is 0.0714. The number of rotatable bonds is 3. The number of ether oxygens (including phenoxy) is 1. The lowest BCUT2D eigenvalue weighted by Crippen LogP contribution is -2.10. The van der Waals surface area contributed by atoms with E-state index in [4.69, 9.17) is 45.9 Å². The number of thiocarbonyl (C=S) groups is 1. The van der Waals surface area contributed by atoms with Gasteiger partial charge in [0.15, 0.2) is 0 Å². The van der Waals surface area contributed by atoms with Crippen LogP contribution in [-0.2, 0) is 0 Å². The summed E-state index contributed by atoms with van der Waals surface area (Å²) in [5, 5.41) is 1.15. The summed E-state index contributed by atoms with van der Waals surface area (Å²) < 4.78 is 5.83. The lowest BCUT2D eigenvalue weighted by molar-refractivity contribution is 0.478. The van der Waals surface area contributed by atoms with Crippen molar-refractivity contribution >= 4 is 40.4 Å². The van der Waals surface area contributed by atoms with Crippen molar-refractivity contribution in [2.24, 2.45) is 5.73 Å². The maximum Gasteiger partial charge on any atom is 0.139 e. The summed E-state index contributed by atoms with van der Waals surface area (Å²) in [4.78, 5) is 0.256. The average Bonchev–Trinajstić information content (AvgIpc) is 2.33. The molecule has 0 saturated carbocycles. The minimum Gasteiger partial charge on any atom is -0.456 e. The molecule has 0 bridgehead atoms. The van der Waals surface area contributed by atoms with Crippen LogP contribution < -0.4 is 10.5 Å². The van der Waals surface area contributed by atoms with E-state index < -0.39 is 0 Å². The van der Waals surface area contributed by atoms with Gasteiger partial charge in [-0.25, -0.2) is 0 Å². The summed E-state index contributed by atoms with van der Waals surface area (Å²) in [6.07, 6.45) is 0. The molecule has 2 rings (SSSR count). The van der Waals surface area contributed by atoms with Crippen molar-refractivity contribution in [1.82, 2.24) is 0 Å². The monoisotopic (exact) mass is 311 g/mol. The van der Waals surface area contributed by atoms with Crippen molar-refractivity contribution in [2.75, 3.05) is 0 Å². The predicted molar refractivity (Wildman–Crippen MR) is 83.6 cm³/mol. The van der Waals surface area contributed by atoms with Crippen molar-refractivity contribution < 1.29 is 4.74 Å². The molecule has 0 atom stereocenters. The van der Waals surface area contributed by atoms with Crippen molar-refractivity contribution in [3.05, 3.63) is 57.6 Å². The van der Waals surface area contributed by atoms with Gasteiger partial charge in [0.25, 0.3) is 0 Å². The van der Waals surface area contributed by atoms with Crippen LogP contribution in [0.5, 0.6) is 11.5 Å². The third-order valence-corrected chi connectivity index (χ3v) is 3.27. The number of benzene rings is 2. The molecule has 2 N–H and O–H groups in total. The Morgan fingerprint density at radius 2 is 1.63 bits per heavy atom. The zero-order valence-electron chi connectivity index (χ0n) is 10.1. The van der Waals surface area contributed by atoms with Gasteiger partial charge in [0.1, 0.15) is 16.5 Å². The second kappa shape index (κ2) is 5.78. The Morgan fingerprint density at radius 3 is 2.26 bits per heavy atom. The first-order chi connectivity index (χ1) is 8.97. The van der Waals surface area contributed by atoms with Crippen LogP contribution in [0.3, 0.4) is 0 Å². The second-order valence-electron chi connectivity index (χ2n) is 4.02. The Balaban J connectivity index is 2.45. The highest BCUT2D eigenvalue weighted by Gasteiger charge is 2.10. The molecule has 19 heavy (non-hydrogen) atoms. The minimum absolute atomic E-state index is 0.256. The fourth-order valence-electron chi connectivity index (χ4n) is 1.59. The highest BCUT2D eigenvalue weighted by atomic mass is 35.5. The lowest BCUT2D eigenvalue weighted by Gasteiger charge is -2.13. The topological polar surface area (TPSA) is 35.2 Å². The third kappa shape index (κ3) is 3.38. The van der Waals surface area contributed by atoms with Crippen molar-refractivity contribution in [2.45, 2.75) is 6.92 Å². The molecule has 5 heteroatoms. The van der Waals surface area contributed by atoms with E-state index in [1.54, 1.807) is 30.3 Å². The lowest BCUT2D eigenvalue weighted by atomic mass is 10.2. The molecule has 0 fully saturated rings. The molecule has 0 spiro atoms. The summed E-state index contributed by atoms with van der Waals surface area (Å²) in [6.45, 7) is 1.93. The molecule has 0 heterocycles. The number of halogens is 2. The molecular formula is C14H11Cl2NOS. The highest BCUT2D eigenvalue weighted by Crippen LogP contribution is 2.31. The van der Waals surface area contributed by atoms with Gasteiger partial charge in [-0.3, -0.25) is 0 Å². The normalized spacial score (nSPS) is 10.3. The minimum atomic E-state index is 0.256. The zero-order chi connectivity index (χ0) is 14.0. The van der Waals surface area contributed by atoms with E-state index in [1.807, 2.05) is 13.0 Å². The Kier molecular flexibility index (Phi) is 4.30. The third-order valence-electron chi connectivity index (χ3n) is 2.58. The largest absolute Gasteiger partial charge is 0.456 e. The maximum absolute atomic E-state index is 5.97. The van der Waals surface area contributed by atoms with E-state index in [1.165, 1.54) is 0 Å². The van der Waals surface area contributed by atoms with Crippen LogP contribution in [0.15, 0.2) is 36.4 Å². The first-order valence-electron chi connectivity index (χ1n) is 5.51. The summed E-state index contributed by atoms with van der Waals surface area (Å²) in [5.41, 5.74) is 7.26. The van der Waals surface area contributed by atoms with Crippen LogP contribution in [0, 0.1) is 6.92 Å². The van der Waals surface area contributed by atoms with Gasteiger partial charge in [0, 0.05) is 16.1 Å². The molecule has 0 amide bonds. The van der Waals surface area contributed by atoms with Crippen LogP contribution in [0.1, 0.15) is 11.1 Å². The summed E-state index contributed by atoms with van der Waals surface area (Å²) in [6, 6.07) is 10.5. The predicted octanol–water partition coefficient (Wildman–Crippen LogP) is 4.73. The molecule has 0 aliphatic rings. The highest BCUT2D eigenvalue weighted by molar-refractivity contribution is 7.80. The molecule has 2 aromatic carbocycles. The van der Waals surface area contributed by atoms with Gasteiger partial charge in [-0.15, -0.1) is 0 Å². The molecule has 0 radical (unpaired) electrons. The van der Waals surface area contributed by atoms with E-state index in [2.05, 4.69) is 0 Å². The molecule has 0 aliphatic heterocycles. The Morgan fingerprint density at radius 1 is 1.05 bits per heavy atom. The average molecular weight is 312 g/mol.